The lowest BCUT2D eigenvalue weighted by Crippen LogP contribution is -2.44. The summed E-state index contributed by atoms with van der Waals surface area (Å²) in [5.74, 6) is 3.95. The molecule has 1 heterocycles. The van der Waals surface area contributed by atoms with Crippen molar-refractivity contribution in [3.05, 3.63) is 0 Å². The SMILES string of the molecule is C#CCN(C)C(=O)C1NCC2CCCC21. The van der Waals surface area contributed by atoms with Crippen molar-refractivity contribution in [3.63, 3.8) is 0 Å². The van der Waals surface area contributed by atoms with E-state index in [0.29, 0.717) is 12.5 Å². The fourth-order valence-electron chi connectivity index (χ4n) is 2.91. The number of nitrogens with zero attached hydrogens (tertiary/aromatic N) is 1. The van der Waals surface area contributed by atoms with E-state index < -0.39 is 0 Å². The summed E-state index contributed by atoms with van der Waals surface area (Å²) < 4.78 is 0. The van der Waals surface area contributed by atoms with Crippen LogP contribution in [-0.4, -0.2) is 37.0 Å². The first kappa shape index (κ1) is 10.5. The van der Waals surface area contributed by atoms with Gasteiger partial charge >= 0.3 is 0 Å². The number of nitrogens with one attached hydrogen (secondary N) is 1. The Hall–Kier alpha value is -1.01. The van der Waals surface area contributed by atoms with Crippen LogP contribution in [0.15, 0.2) is 0 Å². The van der Waals surface area contributed by atoms with Gasteiger partial charge in [0.25, 0.3) is 0 Å². The number of terminal acetylenes is 1. The predicted molar refractivity (Wildman–Crippen MR) is 59.1 cm³/mol. The molecule has 0 aromatic heterocycles. The molecule has 1 saturated heterocycles. The summed E-state index contributed by atoms with van der Waals surface area (Å²) in [6.07, 6.45) is 8.96. The van der Waals surface area contributed by atoms with Gasteiger partial charge in [-0.2, -0.15) is 0 Å². The van der Waals surface area contributed by atoms with Crippen LogP contribution in [0.3, 0.4) is 0 Å². The molecule has 0 spiro atoms. The molecule has 1 aliphatic heterocycles. The minimum atomic E-state index is 0.0239. The van der Waals surface area contributed by atoms with Crippen LogP contribution in [0.1, 0.15) is 19.3 Å². The van der Waals surface area contributed by atoms with E-state index in [1.165, 1.54) is 19.3 Å². The molecule has 3 nitrogen and oxygen atoms in total. The molecule has 1 N–H and O–H groups in total. The van der Waals surface area contributed by atoms with Crippen molar-refractivity contribution in [1.29, 1.82) is 0 Å². The molecule has 2 fully saturated rings. The molecule has 1 saturated carbocycles. The van der Waals surface area contributed by atoms with Crippen molar-refractivity contribution in [2.45, 2.75) is 25.3 Å². The first-order valence-corrected chi connectivity index (χ1v) is 5.66. The summed E-state index contributed by atoms with van der Waals surface area (Å²) in [5.41, 5.74) is 0. The Morgan fingerprint density at radius 2 is 2.40 bits per heavy atom. The molecule has 0 radical (unpaired) electrons. The van der Waals surface area contributed by atoms with E-state index >= 15 is 0 Å². The normalized spacial score (nSPS) is 33.5. The van der Waals surface area contributed by atoms with Gasteiger partial charge in [-0.3, -0.25) is 4.79 Å². The zero-order valence-electron chi connectivity index (χ0n) is 9.20. The predicted octanol–water partition coefficient (Wildman–Crippen LogP) is 0.466. The largest absolute Gasteiger partial charge is 0.333 e. The van der Waals surface area contributed by atoms with Crippen LogP contribution in [0.25, 0.3) is 0 Å². The molecular formula is C12H18N2O. The average Bonchev–Trinajstić information content (AvgIpc) is 2.77. The highest BCUT2D eigenvalue weighted by atomic mass is 16.2. The van der Waals surface area contributed by atoms with Crippen LogP contribution in [0, 0.1) is 24.2 Å². The van der Waals surface area contributed by atoms with Crippen molar-refractivity contribution in [1.82, 2.24) is 10.2 Å². The third-order valence-electron chi connectivity index (χ3n) is 3.72. The molecule has 1 aliphatic carbocycles. The van der Waals surface area contributed by atoms with E-state index in [-0.39, 0.29) is 11.9 Å². The molecule has 0 bridgehead atoms. The monoisotopic (exact) mass is 206 g/mol. The quantitative estimate of drug-likeness (QED) is 0.666. The minimum Gasteiger partial charge on any atom is -0.333 e. The maximum Gasteiger partial charge on any atom is 0.240 e. The summed E-state index contributed by atoms with van der Waals surface area (Å²) >= 11 is 0. The maximum absolute atomic E-state index is 12.0. The summed E-state index contributed by atoms with van der Waals surface area (Å²) in [5, 5.41) is 3.34. The summed E-state index contributed by atoms with van der Waals surface area (Å²) in [4.78, 5) is 13.7. The van der Waals surface area contributed by atoms with Crippen molar-refractivity contribution in [3.8, 4) is 12.3 Å². The van der Waals surface area contributed by atoms with Gasteiger partial charge in [-0.15, -0.1) is 6.42 Å². The number of hydrogen-bond acceptors (Lipinski definition) is 2. The highest BCUT2D eigenvalue weighted by Crippen LogP contribution is 2.38. The number of amides is 1. The highest BCUT2D eigenvalue weighted by Gasteiger charge is 2.43. The van der Waals surface area contributed by atoms with E-state index in [1.54, 1.807) is 11.9 Å². The van der Waals surface area contributed by atoms with Crippen molar-refractivity contribution < 1.29 is 4.79 Å². The number of carbonyl (C=O) groups excluding carboxylic acids is 1. The topological polar surface area (TPSA) is 32.3 Å². The Kier molecular flexibility index (Phi) is 2.97. The Labute approximate surface area is 91.2 Å². The fraction of sp³-hybridized carbons (Fsp3) is 0.750. The molecule has 3 heteroatoms. The zero-order valence-corrected chi connectivity index (χ0v) is 9.20. The lowest BCUT2D eigenvalue weighted by Gasteiger charge is -2.22. The van der Waals surface area contributed by atoms with Crippen LogP contribution in [0.2, 0.25) is 0 Å². The maximum atomic E-state index is 12.0. The molecule has 2 aliphatic rings. The molecule has 15 heavy (non-hydrogen) atoms. The zero-order chi connectivity index (χ0) is 10.8. The first-order chi connectivity index (χ1) is 7.24. The number of likely N-dealkylation sites (N-methyl/N-ethyl adjacent to an activating group) is 1. The Balaban J connectivity index is 1.99. The second kappa shape index (κ2) is 4.24. The Morgan fingerprint density at radius 3 is 3.13 bits per heavy atom. The second-order valence-electron chi connectivity index (χ2n) is 4.64. The first-order valence-electron chi connectivity index (χ1n) is 5.66. The summed E-state index contributed by atoms with van der Waals surface area (Å²) in [7, 11) is 1.78. The van der Waals surface area contributed by atoms with Crippen molar-refractivity contribution in [2.24, 2.45) is 11.8 Å². The van der Waals surface area contributed by atoms with E-state index in [1.807, 2.05) is 0 Å². The summed E-state index contributed by atoms with van der Waals surface area (Å²) in [6, 6.07) is 0.0239. The van der Waals surface area contributed by atoms with Gasteiger partial charge in [0.2, 0.25) is 5.91 Å². The van der Waals surface area contributed by atoms with Gasteiger partial charge in [0, 0.05) is 7.05 Å². The van der Waals surface area contributed by atoms with Crippen LogP contribution >= 0.6 is 0 Å². The number of rotatable bonds is 2. The van der Waals surface area contributed by atoms with Crippen LogP contribution in [-0.2, 0) is 4.79 Å². The molecular weight excluding hydrogens is 188 g/mol. The number of carbonyl (C=O) groups is 1. The third-order valence-corrected chi connectivity index (χ3v) is 3.72. The molecule has 3 unspecified atom stereocenters. The van der Waals surface area contributed by atoms with E-state index in [9.17, 15) is 4.79 Å². The summed E-state index contributed by atoms with van der Waals surface area (Å²) in [6.45, 7) is 1.42. The van der Waals surface area contributed by atoms with Crippen molar-refractivity contribution >= 4 is 5.91 Å². The molecule has 1 amide bonds. The lowest BCUT2D eigenvalue weighted by atomic mass is 9.93. The molecule has 0 aromatic carbocycles. The van der Waals surface area contributed by atoms with Gasteiger partial charge in [0.15, 0.2) is 0 Å². The third kappa shape index (κ3) is 1.87. The van der Waals surface area contributed by atoms with Gasteiger partial charge in [0.1, 0.15) is 0 Å². The minimum absolute atomic E-state index is 0.0239. The van der Waals surface area contributed by atoms with Crippen LogP contribution in [0.5, 0.6) is 0 Å². The molecule has 3 atom stereocenters. The highest BCUT2D eigenvalue weighted by molar-refractivity contribution is 5.82. The average molecular weight is 206 g/mol. The van der Waals surface area contributed by atoms with Crippen molar-refractivity contribution in [2.75, 3.05) is 20.1 Å². The van der Waals surface area contributed by atoms with Crippen LogP contribution < -0.4 is 5.32 Å². The molecule has 2 rings (SSSR count). The Morgan fingerprint density at radius 1 is 1.60 bits per heavy atom. The van der Waals surface area contributed by atoms with Crippen LogP contribution in [0.4, 0.5) is 0 Å². The lowest BCUT2D eigenvalue weighted by molar-refractivity contribution is -0.132. The number of hydrogen-bond donors (Lipinski definition) is 1. The second-order valence-corrected chi connectivity index (χ2v) is 4.64. The Bertz CT molecular complexity index is 294. The van der Waals surface area contributed by atoms with E-state index in [2.05, 4.69) is 11.2 Å². The molecule has 0 aromatic rings. The van der Waals surface area contributed by atoms with E-state index in [0.717, 1.165) is 12.5 Å². The van der Waals surface area contributed by atoms with Gasteiger partial charge in [-0.1, -0.05) is 12.3 Å². The fourth-order valence-corrected chi connectivity index (χ4v) is 2.91. The van der Waals surface area contributed by atoms with Gasteiger partial charge in [0.05, 0.1) is 12.6 Å². The smallest absolute Gasteiger partial charge is 0.240 e. The van der Waals surface area contributed by atoms with Gasteiger partial charge in [-0.25, -0.2) is 0 Å². The van der Waals surface area contributed by atoms with Gasteiger partial charge < -0.3 is 10.2 Å². The van der Waals surface area contributed by atoms with E-state index in [4.69, 9.17) is 6.42 Å². The number of fused-ring (bicyclic) bond motifs is 1. The standard InChI is InChI=1S/C12H18N2O/c1-3-7-14(2)12(15)11-10-6-4-5-9(10)8-13-11/h1,9-11,13H,4-8H2,2H3. The van der Waals surface area contributed by atoms with Gasteiger partial charge in [-0.05, 0) is 31.2 Å². The molecule has 82 valence electrons.